The average Bonchev–Trinajstić information content (AvgIpc) is 2.47. The maximum absolute atomic E-state index is 12.1. The number of fused-ring (bicyclic) bond motifs is 1. The van der Waals surface area contributed by atoms with E-state index < -0.39 is 0 Å². The maximum Gasteiger partial charge on any atom is 0.253 e. The average molecular weight is 290 g/mol. The van der Waals surface area contributed by atoms with E-state index in [1.165, 1.54) is 12.0 Å². The second-order valence-electron chi connectivity index (χ2n) is 4.76. The molecule has 0 aliphatic heterocycles. The Balaban J connectivity index is 2.31. The molecule has 0 radical (unpaired) electrons. The number of pyridine rings is 1. The zero-order valence-electron chi connectivity index (χ0n) is 12.3. The van der Waals surface area contributed by atoms with Crippen LogP contribution in [0.2, 0.25) is 0 Å². The third-order valence-corrected chi connectivity index (χ3v) is 3.23. The monoisotopic (exact) mass is 290 g/mol. The number of methoxy groups -OCH3 is 2. The molecule has 0 saturated heterocycles. The van der Waals surface area contributed by atoms with Gasteiger partial charge in [-0.1, -0.05) is 0 Å². The van der Waals surface area contributed by atoms with Crippen molar-refractivity contribution in [1.29, 1.82) is 0 Å². The number of aromatic amines is 1. The standard InChI is InChI=1S/C15H18N2O4/c1-17(14(18)9-20-2)8-11-6-10-4-5-12(21-3)7-13(10)16-15(11)19/h4-7H,8-9H2,1-3H3,(H,16,19). The summed E-state index contributed by atoms with van der Waals surface area (Å²) in [5, 5.41) is 0.887. The molecule has 0 spiro atoms. The van der Waals surface area contributed by atoms with Crippen LogP contribution in [0.25, 0.3) is 10.9 Å². The van der Waals surface area contributed by atoms with E-state index >= 15 is 0 Å². The van der Waals surface area contributed by atoms with Crippen molar-refractivity contribution >= 4 is 16.8 Å². The molecule has 0 fully saturated rings. The molecule has 0 unspecified atom stereocenters. The van der Waals surface area contributed by atoms with Gasteiger partial charge in [-0.3, -0.25) is 9.59 Å². The van der Waals surface area contributed by atoms with Crippen LogP contribution in [0.4, 0.5) is 0 Å². The van der Waals surface area contributed by atoms with Gasteiger partial charge in [0.05, 0.1) is 19.2 Å². The molecule has 2 rings (SSSR count). The molecule has 0 saturated carbocycles. The Kier molecular flexibility index (Phi) is 4.59. The summed E-state index contributed by atoms with van der Waals surface area (Å²) in [7, 11) is 4.67. The van der Waals surface area contributed by atoms with E-state index in [2.05, 4.69) is 4.98 Å². The summed E-state index contributed by atoms with van der Waals surface area (Å²) < 4.78 is 9.92. The predicted octanol–water partition coefficient (Wildman–Crippen LogP) is 1.14. The summed E-state index contributed by atoms with van der Waals surface area (Å²) in [5.41, 5.74) is 1.02. The quantitative estimate of drug-likeness (QED) is 0.896. The lowest BCUT2D eigenvalue weighted by Crippen LogP contribution is -2.31. The Morgan fingerprint density at radius 1 is 1.29 bits per heavy atom. The van der Waals surface area contributed by atoms with Gasteiger partial charge in [-0.25, -0.2) is 0 Å². The number of aromatic nitrogens is 1. The summed E-state index contributed by atoms with van der Waals surface area (Å²) in [6.07, 6.45) is 0. The van der Waals surface area contributed by atoms with Crippen molar-refractivity contribution < 1.29 is 14.3 Å². The van der Waals surface area contributed by atoms with Crippen LogP contribution in [0.1, 0.15) is 5.56 Å². The molecule has 1 heterocycles. The Labute approximate surface area is 122 Å². The number of benzene rings is 1. The molecule has 0 aliphatic carbocycles. The molecule has 1 aromatic heterocycles. The van der Waals surface area contributed by atoms with Gasteiger partial charge in [-0.15, -0.1) is 0 Å². The first kappa shape index (κ1) is 15.1. The van der Waals surface area contributed by atoms with E-state index in [0.717, 1.165) is 5.39 Å². The number of nitrogens with one attached hydrogen (secondary N) is 1. The highest BCUT2D eigenvalue weighted by molar-refractivity contribution is 5.81. The molecule has 1 N–H and O–H groups in total. The number of hydrogen-bond acceptors (Lipinski definition) is 4. The van der Waals surface area contributed by atoms with Crippen LogP contribution in [-0.2, 0) is 16.1 Å². The number of nitrogens with zero attached hydrogens (tertiary/aromatic N) is 1. The van der Waals surface area contributed by atoms with Crippen LogP contribution in [0.3, 0.4) is 0 Å². The van der Waals surface area contributed by atoms with Crippen molar-refractivity contribution in [2.45, 2.75) is 6.54 Å². The number of rotatable bonds is 5. The molecule has 2 aromatic rings. The summed E-state index contributed by atoms with van der Waals surface area (Å²) in [6, 6.07) is 7.24. The highest BCUT2D eigenvalue weighted by atomic mass is 16.5. The van der Waals surface area contributed by atoms with Crippen molar-refractivity contribution in [3.8, 4) is 5.75 Å². The van der Waals surface area contributed by atoms with Crippen LogP contribution in [0.5, 0.6) is 5.75 Å². The fraction of sp³-hybridized carbons (Fsp3) is 0.333. The Hall–Kier alpha value is -2.34. The highest BCUT2D eigenvalue weighted by Gasteiger charge is 2.11. The third kappa shape index (κ3) is 3.41. The van der Waals surface area contributed by atoms with Crippen molar-refractivity contribution in [3.05, 3.63) is 40.2 Å². The molecule has 0 aliphatic rings. The summed E-state index contributed by atoms with van der Waals surface area (Å²) in [4.78, 5) is 28.0. The first-order chi connectivity index (χ1) is 10.0. The summed E-state index contributed by atoms with van der Waals surface area (Å²) in [5.74, 6) is 0.505. The number of carbonyl (C=O) groups is 1. The lowest BCUT2D eigenvalue weighted by Gasteiger charge is -2.16. The van der Waals surface area contributed by atoms with Gasteiger partial charge < -0.3 is 19.4 Å². The topological polar surface area (TPSA) is 71.6 Å². The first-order valence-electron chi connectivity index (χ1n) is 6.48. The Bertz CT molecular complexity index is 708. The molecule has 1 aromatic carbocycles. The van der Waals surface area contributed by atoms with E-state index in [0.29, 0.717) is 16.8 Å². The van der Waals surface area contributed by atoms with Crippen molar-refractivity contribution in [2.75, 3.05) is 27.9 Å². The second-order valence-corrected chi connectivity index (χ2v) is 4.76. The van der Waals surface area contributed by atoms with Crippen molar-refractivity contribution in [3.63, 3.8) is 0 Å². The van der Waals surface area contributed by atoms with Crippen LogP contribution < -0.4 is 10.3 Å². The predicted molar refractivity (Wildman–Crippen MR) is 79.5 cm³/mol. The van der Waals surface area contributed by atoms with Crippen LogP contribution in [0.15, 0.2) is 29.1 Å². The number of amides is 1. The van der Waals surface area contributed by atoms with E-state index in [9.17, 15) is 9.59 Å². The highest BCUT2D eigenvalue weighted by Crippen LogP contribution is 2.18. The van der Waals surface area contributed by atoms with Gasteiger partial charge in [0.25, 0.3) is 5.56 Å². The number of carbonyl (C=O) groups excluding carboxylic acids is 1. The van der Waals surface area contributed by atoms with Gasteiger partial charge in [0.1, 0.15) is 12.4 Å². The van der Waals surface area contributed by atoms with Gasteiger partial charge in [-0.05, 0) is 23.6 Å². The minimum atomic E-state index is -0.215. The van der Waals surface area contributed by atoms with Crippen LogP contribution in [-0.4, -0.2) is 43.7 Å². The molecule has 0 bridgehead atoms. The number of H-pyrrole nitrogens is 1. The fourth-order valence-electron chi connectivity index (χ4n) is 2.05. The van der Waals surface area contributed by atoms with Gasteiger partial charge in [-0.2, -0.15) is 0 Å². The molecular weight excluding hydrogens is 272 g/mol. The first-order valence-corrected chi connectivity index (χ1v) is 6.48. The van der Waals surface area contributed by atoms with Gasteiger partial charge >= 0.3 is 0 Å². The smallest absolute Gasteiger partial charge is 0.253 e. The molecule has 21 heavy (non-hydrogen) atoms. The van der Waals surface area contributed by atoms with E-state index in [1.54, 1.807) is 26.3 Å². The van der Waals surface area contributed by atoms with E-state index in [1.807, 2.05) is 12.1 Å². The largest absolute Gasteiger partial charge is 0.497 e. The SMILES string of the molecule is COCC(=O)N(C)Cc1cc2ccc(OC)cc2[nH]c1=O. The van der Waals surface area contributed by atoms with Crippen molar-refractivity contribution in [1.82, 2.24) is 9.88 Å². The fourth-order valence-corrected chi connectivity index (χ4v) is 2.05. The number of hydrogen-bond donors (Lipinski definition) is 1. The third-order valence-electron chi connectivity index (χ3n) is 3.23. The van der Waals surface area contributed by atoms with E-state index in [-0.39, 0.29) is 24.6 Å². The maximum atomic E-state index is 12.1. The summed E-state index contributed by atoms with van der Waals surface area (Å²) in [6.45, 7) is 0.235. The Morgan fingerprint density at radius 3 is 2.71 bits per heavy atom. The normalized spacial score (nSPS) is 10.6. The molecule has 112 valence electrons. The van der Waals surface area contributed by atoms with Gasteiger partial charge in [0.15, 0.2) is 0 Å². The second kappa shape index (κ2) is 6.41. The molecule has 6 heteroatoms. The zero-order valence-corrected chi connectivity index (χ0v) is 12.3. The van der Waals surface area contributed by atoms with E-state index in [4.69, 9.17) is 9.47 Å². The van der Waals surface area contributed by atoms with Crippen molar-refractivity contribution in [2.24, 2.45) is 0 Å². The molecule has 0 atom stereocenters. The molecule has 6 nitrogen and oxygen atoms in total. The van der Waals surface area contributed by atoms with Gasteiger partial charge in [0.2, 0.25) is 5.91 Å². The minimum Gasteiger partial charge on any atom is -0.497 e. The number of likely N-dealkylation sites (N-methyl/N-ethyl adjacent to an activating group) is 1. The number of ether oxygens (including phenoxy) is 2. The Morgan fingerprint density at radius 2 is 2.05 bits per heavy atom. The summed E-state index contributed by atoms with van der Waals surface area (Å²) >= 11 is 0. The lowest BCUT2D eigenvalue weighted by atomic mass is 10.1. The van der Waals surface area contributed by atoms with Crippen LogP contribution in [0, 0.1) is 0 Å². The molecular formula is C15H18N2O4. The zero-order chi connectivity index (χ0) is 15.4. The van der Waals surface area contributed by atoms with Crippen LogP contribution >= 0.6 is 0 Å². The van der Waals surface area contributed by atoms with Gasteiger partial charge in [0, 0.05) is 25.8 Å². The molecule has 1 amide bonds. The lowest BCUT2D eigenvalue weighted by molar-refractivity contribution is -0.134. The minimum absolute atomic E-state index is 0.000809.